The van der Waals surface area contributed by atoms with Crippen molar-refractivity contribution in [3.8, 4) is 23.8 Å². The van der Waals surface area contributed by atoms with E-state index in [1.165, 1.54) is 6.21 Å². The van der Waals surface area contributed by atoms with E-state index in [0.717, 1.165) is 16.7 Å². The molecule has 0 unspecified atom stereocenters. The second kappa shape index (κ2) is 9.28. The van der Waals surface area contributed by atoms with Crippen LogP contribution in [-0.2, 0) is 11.2 Å². The van der Waals surface area contributed by atoms with Crippen LogP contribution in [0.25, 0.3) is 0 Å². The van der Waals surface area contributed by atoms with E-state index in [4.69, 9.17) is 15.9 Å². The smallest absolute Gasteiger partial charge is 0.244 e. The van der Waals surface area contributed by atoms with Crippen molar-refractivity contribution in [2.45, 2.75) is 20.3 Å². The molecule has 0 heterocycles. The molecule has 2 aromatic carbocycles. The average Bonchev–Trinajstić information content (AvgIpc) is 2.63. The molecule has 0 saturated heterocycles. The van der Waals surface area contributed by atoms with E-state index in [1.807, 2.05) is 32.0 Å². The van der Waals surface area contributed by atoms with E-state index in [9.17, 15) is 4.79 Å². The molecule has 0 bridgehead atoms. The third-order valence-electron chi connectivity index (χ3n) is 3.78. The highest BCUT2D eigenvalue weighted by Crippen LogP contribution is 2.22. The van der Waals surface area contributed by atoms with Crippen molar-refractivity contribution in [2.24, 2.45) is 5.10 Å². The number of hydrazone groups is 1. The molecule has 2 aromatic rings. The van der Waals surface area contributed by atoms with Gasteiger partial charge in [0.05, 0.1) is 19.7 Å². The van der Waals surface area contributed by atoms with Crippen LogP contribution in [0.3, 0.4) is 0 Å². The van der Waals surface area contributed by atoms with Crippen LogP contribution in [0.1, 0.15) is 22.3 Å². The first kappa shape index (κ1) is 19.1. The zero-order valence-corrected chi connectivity index (χ0v) is 15.2. The number of nitrogens with one attached hydrogen (secondary N) is 1. The minimum atomic E-state index is -0.191. The predicted molar refractivity (Wildman–Crippen MR) is 103 cm³/mol. The molecule has 0 aromatic heterocycles. The quantitative estimate of drug-likeness (QED) is 0.474. The Labute approximate surface area is 154 Å². The van der Waals surface area contributed by atoms with Gasteiger partial charge in [-0.3, -0.25) is 4.79 Å². The minimum Gasteiger partial charge on any atom is -0.497 e. The van der Waals surface area contributed by atoms with Gasteiger partial charge in [-0.25, -0.2) is 5.43 Å². The van der Waals surface area contributed by atoms with Crippen molar-refractivity contribution in [2.75, 3.05) is 13.7 Å². The largest absolute Gasteiger partial charge is 0.497 e. The van der Waals surface area contributed by atoms with E-state index in [0.29, 0.717) is 17.1 Å². The normalized spacial score (nSPS) is 10.4. The molecule has 0 atom stereocenters. The molecule has 0 aliphatic heterocycles. The molecule has 0 aliphatic rings. The highest BCUT2D eigenvalue weighted by molar-refractivity contribution is 5.86. The van der Waals surface area contributed by atoms with E-state index >= 15 is 0 Å². The maximum atomic E-state index is 12.1. The van der Waals surface area contributed by atoms with E-state index in [1.54, 1.807) is 25.3 Å². The van der Waals surface area contributed by atoms with Gasteiger partial charge in [-0.15, -0.1) is 6.42 Å². The van der Waals surface area contributed by atoms with Gasteiger partial charge in [0.2, 0.25) is 5.91 Å². The second-order valence-corrected chi connectivity index (χ2v) is 5.80. The third-order valence-corrected chi connectivity index (χ3v) is 3.78. The van der Waals surface area contributed by atoms with Crippen LogP contribution in [-0.4, -0.2) is 25.8 Å². The second-order valence-electron chi connectivity index (χ2n) is 5.80. The molecule has 2 rings (SSSR count). The van der Waals surface area contributed by atoms with Gasteiger partial charge in [-0.2, -0.15) is 5.10 Å². The van der Waals surface area contributed by atoms with Crippen molar-refractivity contribution in [1.82, 2.24) is 5.43 Å². The van der Waals surface area contributed by atoms with Crippen molar-refractivity contribution in [3.63, 3.8) is 0 Å². The molecule has 134 valence electrons. The topological polar surface area (TPSA) is 59.9 Å². The number of methoxy groups -OCH3 is 1. The fourth-order valence-electron chi connectivity index (χ4n) is 2.38. The Hall–Kier alpha value is -3.26. The summed E-state index contributed by atoms with van der Waals surface area (Å²) in [4.78, 5) is 12.1. The van der Waals surface area contributed by atoms with Crippen LogP contribution in [0.15, 0.2) is 41.5 Å². The summed E-state index contributed by atoms with van der Waals surface area (Å²) >= 11 is 0. The zero-order valence-electron chi connectivity index (χ0n) is 15.2. The molecular formula is C21H22N2O3. The Kier molecular flexibility index (Phi) is 6.81. The first-order chi connectivity index (χ1) is 12.5. The van der Waals surface area contributed by atoms with Crippen molar-refractivity contribution in [1.29, 1.82) is 0 Å². The summed E-state index contributed by atoms with van der Waals surface area (Å²) in [5.41, 5.74) is 6.38. The molecule has 26 heavy (non-hydrogen) atoms. The standard InChI is InChI=1S/C21H22N2O3/c1-5-10-26-20-9-8-19(25-4)12-18(20)14-22-23-21(24)13-17-11-15(2)6-7-16(17)3/h1,6-9,11-12,14H,10,13H2,2-4H3,(H,23,24)/b22-14+. The molecule has 0 aliphatic carbocycles. The lowest BCUT2D eigenvalue weighted by Gasteiger charge is -2.08. The minimum absolute atomic E-state index is 0.145. The number of aryl methyl sites for hydroxylation is 2. The lowest BCUT2D eigenvalue weighted by Crippen LogP contribution is -2.20. The first-order valence-corrected chi connectivity index (χ1v) is 8.16. The fraction of sp³-hybridized carbons (Fsp3) is 0.238. The summed E-state index contributed by atoms with van der Waals surface area (Å²) in [5.74, 6) is 3.44. The highest BCUT2D eigenvalue weighted by Gasteiger charge is 2.07. The van der Waals surface area contributed by atoms with Gasteiger partial charge in [0.1, 0.15) is 18.1 Å². The van der Waals surface area contributed by atoms with Crippen LogP contribution in [0.2, 0.25) is 0 Å². The number of carbonyl (C=O) groups is 1. The number of nitrogens with zero attached hydrogens (tertiary/aromatic N) is 1. The Bertz CT molecular complexity index is 851. The Morgan fingerprint density at radius 3 is 2.81 bits per heavy atom. The Balaban J connectivity index is 2.06. The van der Waals surface area contributed by atoms with Crippen LogP contribution < -0.4 is 14.9 Å². The summed E-state index contributed by atoms with van der Waals surface area (Å²) in [6, 6.07) is 11.3. The molecule has 1 amide bonds. The SMILES string of the molecule is C#CCOc1ccc(OC)cc1/C=N/NC(=O)Cc1cc(C)ccc1C. The number of terminal acetylenes is 1. The predicted octanol–water partition coefficient (Wildman–Crippen LogP) is 3.02. The summed E-state index contributed by atoms with van der Waals surface area (Å²) < 4.78 is 10.7. The van der Waals surface area contributed by atoms with Crippen LogP contribution in [0.5, 0.6) is 11.5 Å². The summed E-state index contributed by atoms with van der Waals surface area (Å²) in [5, 5.41) is 4.02. The van der Waals surface area contributed by atoms with E-state index in [-0.39, 0.29) is 18.9 Å². The molecule has 0 radical (unpaired) electrons. The van der Waals surface area contributed by atoms with Crippen LogP contribution in [0.4, 0.5) is 0 Å². The van der Waals surface area contributed by atoms with Crippen molar-refractivity contribution >= 4 is 12.1 Å². The number of rotatable bonds is 7. The molecule has 0 fully saturated rings. The van der Waals surface area contributed by atoms with Crippen LogP contribution >= 0.6 is 0 Å². The number of carbonyl (C=O) groups excluding carboxylic acids is 1. The number of hydrogen-bond donors (Lipinski definition) is 1. The molecule has 0 spiro atoms. The summed E-state index contributed by atoms with van der Waals surface area (Å²) in [7, 11) is 1.57. The molecule has 5 nitrogen and oxygen atoms in total. The molecule has 0 saturated carbocycles. The maximum absolute atomic E-state index is 12.1. The Morgan fingerprint density at radius 2 is 2.08 bits per heavy atom. The Morgan fingerprint density at radius 1 is 1.27 bits per heavy atom. The van der Waals surface area contributed by atoms with Crippen molar-refractivity contribution in [3.05, 3.63) is 58.7 Å². The van der Waals surface area contributed by atoms with E-state index < -0.39 is 0 Å². The van der Waals surface area contributed by atoms with Gasteiger partial charge in [-0.1, -0.05) is 29.7 Å². The summed E-state index contributed by atoms with van der Waals surface area (Å²) in [6.07, 6.45) is 7.00. The third kappa shape index (κ3) is 5.38. The number of hydrogen-bond acceptors (Lipinski definition) is 4. The fourth-order valence-corrected chi connectivity index (χ4v) is 2.38. The lowest BCUT2D eigenvalue weighted by molar-refractivity contribution is -0.120. The molecule has 5 heteroatoms. The van der Waals surface area contributed by atoms with Gasteiger partial charge in [0.25, 0.3) is 0 Å². The first-order valence-electron chi connectivity index (χ1n) is 8.16. The van der Waals surface area contributed by atoms with Gasteiger partial charge < -0.3 is 9.47 Å². The van der Waals surface area contributed by atoms with Crippen LogP contribution in [0, 0.1) is 26.2 Å². The van der Waals surface area contributed by atoms with Crippen molar-refractivity contribution < 1.29 is 14.3 Å². The van der Waals surface area contributed by atoms with E-state index in [2.05, 4.69) is 16.4 Å². The maximum Gasteiger partial charge on any atom is 0.244 e. The van der Waals surface area contributed by atoms with Gasteiger partial charge in [0.15, 0.2) is 0 Å². The average molecular weight is 350 g/mol. The summed E-state index contributed by atoms with van der Waals surface area (Å²) in [6.45, 7) is 4.13. The number of benzene rings is 2. The number of amides is 1. The molecule has 1 N–H and O–H groups in total. The highest BCUT2D eigenvalue weighted by atomic mass is 16.5. The zero-order chi connectivity index (χ0) is 18.9. The van der Waals surface area contributed by atoms with Gasteiger partial charge >= 0.3 is 0 Å². The number of ether oxygens (including phenoxy) is 2. The molecular weight excluding hydrogens is 328 g/mol. The van der Waals surface area contributed by atoms with Gasteiger partial charge in [-0.05, 0) is 43.2 Å². The monoisotopic (exact) mass is 350 g/mol. The van der Waals surface area contributed by atoms with Gasteiger partial charge in [0, 0.05) is 5.56 Å². The lowest BCUT2D eigenvalue weighted by atomic mass is 10.0.